The summed E-state index contributed by atoms with van der Waals surface area (Å²) in [5.41, 5.74) is 2.62. The van der Waals surface area contributed by atoms with E-state index in [2.05, 4.69) is 65.1 Å². The molecule has 1 atom stereocenters. The Morgan fingerprint density at radius 1 is 1.47 bits per heavy atom. The molecule has 0 saturated carbocycles. The number of anilines is 1. The predicted octanol–water partition coefficient (Wildman–Crippen LogP) is 2.55. The van der Waals surface area contributed by atoms with Gasteiger partial charge in [0.15, 0.2) is 0 Å². The van der Waals surface area contributed by atoms with E-state index in [1.54, 1.807) is 0 Å². The number of halogens is 1. The van der Waals surface area contributed by atoms with Crippen LogP contribution in [0.5, 0.6) is 0 Å². The second-order valence-corrected chi connectivity index (χ2v) is 7.05. The van der Waals surface area contributed by atoms with Crippen LogP contribution in [-0.4, -0.2) is 37.4 Å². The summed E-state index contributed by atoms with van der Waals surface area (Å²) in [6.45, 7) is 9.56. The zero-order valence-corrected chi connectivity index (χ0v) is 13.5. The Labute approximate surface area is 124 Å². The fourth-order valence-corrected chi connectivity index (χ4v) is 2.85. The van der Waals surface area contributed by atoms with Gasteiger partial charge in [-0.3, -0.25) is 0 Å². The van der Waals surface area contributed by atoms with Gasteiger partial charge in [0, 0.05) is 29.8 Å². The van der Waals surface area contributed by atoms with Crippen molar-refractivity contribution < 1.29 is 5.11 Å². The highest BCUT2D eigenvalue weighted by Crippen LogP contribution is 2.29. The van der Waals surface area contributed by atoms with Crippen molar-refractivity contribution in [2.75, 3.05) is 31.1 Å². The molecule has 19 heavy (non-hydrogen) atoms. The third-order valence-corrected chi connectivity index (χ3v) is 4.60. The van der Waals surface area contributed by atoms with Crippen molar-refractivity contribution in [1.29, 1.82) is 0 Å². The van der Waals surface area contributed by atoms with Crippen molar-refractivity contribution >= 4 is 21.6 Å². The van der Waals surface area contributed by atoms with Gasteiger partial charge in [-0.1, -0.05) is 29.8 Å². The molecule has 0 radical (unpaired) electrons. The highest BCUT2D eigenvalue weighted by molar-refractivity contribution is 9.10. The van der Waals surface area contributed by atoms with E-state index in [0.29, 0.717) is 0 Å². The summed E-state index contributed by atoms with van der Waals surface area (Å²) in [6.07, 6.45) is 0. The molecule has 1 aliphatic heterocycles. The van der Waals surface area contributed by atoms with E-state index in [9.17, 15) is 5.11 Å². The summed E-state index contributed by atoms with van der Waals surface area (Å²) >= 11 is 3.54. The van der Waals surface area contributed by atoms with Gasteiger partial charge in [0.25, 0.3) is 0 Å². The number of aryl methyl sites for hydroxylation is 1. The lowest BCUT2D eigenvalue weighted by Crippen LogP contribution is -2.44. The Morgan fingerprint density at radius 3 is 2.84 bits per heavy atom. The lowest BCUT2D eigenvalue weighted by molar-refractivity contribution is 0.258. The Balaban J connectivity index is 2.33. The average Bonchev–Trinajstić information content (AvgIpc) is 2.50. The number of aliphatic hydroxyl groups excluding tert-OH is 1. The third-order valence-electron chi connectivity index (χ3n) is 3.71. The van der Waals surface area contributed by atoms with Crippen LogP contribution in [0.15, 0.2) is 22.7 Å². The Kier molecular flexibility index (Phi) is 4.54. The molecule has 3 nitrogen and oxygen atoms in total. The smallest absolute Gasteiger partial charge is 0.0647 e. The first-order chi connectivity index (χ1) is 8.93. The van der Waals surface area contributed by atoms with Gasteiger partial charge < -0.3 is 15.3 Å². The topological polar surface area (TPSA) is 35.5 Å². The largest absolute Gasteiger partial charge is 0.394 e. The Hall–Kier alpha value is -0.580. The van der Waals surface area contributed by atoms with Crippen LogP contribution in [0.2, 0.25) is 0 Å². The second kappa shape index (κ2) is 5.81. The van der Waals surface area contributed by atoms with Crippen molar-refractivity contribution in [2.45, 2.75) is 26.8 Å². The summed E-state index contributed by atoms with van der Waals surface area (Å²) in [4.78, 5) is 2.33. The molecule has 1 aliphatic rings. The predicted molar refractivity (Wildman–Crippen MR) is 83.7 cm³/mol. The van der Waals surface area contributed by atoms with Gasteiger partial charge in [-0.25, -0.2) is 0 Å². The van der Waals surface area contributed by atoms with Crippen molar-refractivity contribution in [2.24, 2.45) is 5.41 Å². The average molecular weight is 327 g/mol. The summed E-state index contributed by atoms with van der Waals surface area (Å²) in [7, 11) is 0. The van der Waals surface area contributed by atoms with E-state index in [1.165, 1.54) is 11.3 Å². The molecule has 2 rings (SSSR count). The van der Waals surface area contributed by atoms with Gasteiger partial charge in [0.05, 0.1) is 12.6 Å². The van der Waals surface area contributed by atoms with Crippen molar-refractivity contribution in [3.05, 3.63) is 28.2 Å². The molecule has 1 fully saturated rings. The Morgan fingerprint density at radius 2 is 2.21 bits per heavy atom. The summed E-state index contributed by atoms with van der Waals surface area (Å²) in [5.74, 6) is 0. The number of rotatable bonds is 2. The molecule has 106 valence electrons. The minimum atomic E-state index is 0.141. The van der Waals surface area contributed by atoms with Gasteiger partial charge in [-0.2, -0.15) is 0 Å². The van der Waals surface area contributed by atoms with Gasteiger partial charge in [0.1, 0.15) is 0 Å². The highest BCUT2D eigenvalue weighted by Gasteiger charge is 2.30. The highest BCUT2D eigenvalue weighted by atomic mass is 79.9. The maximum absolute atomic E-state index is 9.65. The monoisotopic (exact) mass is 326 g/mol. The van der Waals surface area contributed by atoms with Crippen molar-refractivity contribution in [3.8, 4) is 0 Å². The molecule has 0 amide bonds. The standard InChI is InChI=1S/C15H23BrN2O/c1-11-6-12(4-5-14(11)16)18-10-15(2,3)9-17-7-13(18)8-19/h4-6,13,17,19H,7-10H2,1-3H3. The van der Waals surface area contributed by atoms with Crippen LogP contribution in [-0.2, 0) is 0 Å². The van der Waals surface area contributed by atoms with E-state index in [1.807, 2.05) is 0 Å². The first-order valence-corrected chi connectivity index (χ1v) is 7.56. The fourth-order valence-electron chi connectivity index (χ4n) is 2.61. The number of nitrogens with zero attached hydrogens (tertiary/aromatic N) is 1. The molecule has 1 heterocycles. The normalized spacial score (nSPS) is 23.2. The molecular formula is C15H23BrN2O. The van der Waals surface area contributed by atoms with Crippen LogP contribution < -0.4 is 10.2 Å². The minimum Gasteiger partial charge on any atom is -0.394 e. The number of benzene rings is 1. The molecule has 1 aromatic rings. The molecular weight excluding hydrogens is 304 g/mol. The first kappa shape index (κ1) is 14.8. The van der Waals surface area contributed by atoms with Gasteiger partial charge in [-0.15, -0.1) is 0 Å². The Bertz CT molecular complexity index is 448. The van der Waals surface area contributed by atoms with Gasteiger partial charge >= 0.3 is 0 Å². The van der Waals surface area contributed by atoms with Gasteiger partial charge in [-0.05, 0) is 36.1 Å². The lowest BCUT2D eigenvalue weighted by Gasteiger charge is -2.35. The molecule has 1 unspecified atom stereocenters. The van der Waals surface area contributed by atoms with Crippen LogP contribution in [0, 0.1) is 12.3 Å². The summed E-state index contributed by atoms with van der Waals surface area (Å²) in [5, 5.41) is 13.1. The molecule has 1 aromatic carbocycles. The van der Waals surface area contributed by atoms with E-state index < -0.39 is 0 Å². The lowest BCUT2D eigenvalue weighted by atomic mass is 9.93. The van der Waals surface area contributed by atoms with E-state index in [4.69, 9.17) is 0 Å². The quantitative estimate of drug-likeness (QED) is 0.876. The van der Waals surface area contributed by atoms with Crippen LogP contribution in [0.1, 0.15) is 19.4 Å². The number of nitrogens with one attached hydrogen (secondary N) is 1. The number of hydrogen-bond donors (Lipinski definition) is 2. The SMILES string of the molecule is Cc1cc(N2CC(C)(C)CNCC2CO)ccc1Br. The van der Waals surface area contributed by atoms with Gasteiger partial charge in [0.2, 0.25) is 0 Å². The zero-order chi connectivity index (χ0) is 14.0. The summed E-state index contributed by atoms with van der Waals surface area (Å²) < 4.78 is 1.13. The minimum absolute atomic E-state index is 0.141. The molecule has 0 spiro atoms. The molecule has 0 bridgehead atoms. The van der Waals surface area contributed by atoms with Crippen molar-refractivity contribution in [1.82, 2.24) is 5.32 Å². The molecule has 1 saturated heterocycles. The maximum Gasteiger partial charge on any atom is 0.0647 e. The van der Waals surface area contributed by atoms with Crippen LogP contribution >= 0.6 is 15.9 Å². The van der Waals surface area contributed by atoms with E-state index in [-0.39, 0.29) is 18.1 Å². The second-order valence-electron chi connectivity index (χ2n) is 6.19. The summed E-state index contributed by atoms with van der Waals surface area (Å²) in [6, 6.07) is 6.54. The zero-order valence-electron chi connectivity index (χ0n) is 11.9. The first-order valence-electron chi connectivity index (χ1n) is 6.77. The van der Waals surface area contributed by atoms with Crippen LogP contribution in [0.3, 0.4) is 0 Å². The van der Waals surface area contributed by atoms with Crippen LogP contribution in [0.25, 0.3) is 0 Å². The van der Waals surface area contributed by atoms with E-state index in [0.717, 1.165) is 24.1 Å². The van der Waals surface area contributed by atoms with Crippen LogP contribution in [0.4, 0.5) is 5.69 Å². The molecule has 0 aromatic heterocycles. The molecule has 2 N–H and O–H groups in total. The molecule has 4 heteroatoms. The number of aliphatic hydroxyl groups is 1. The molecule has 0 aliphatic carbocycles. The number of hydrogen-bond acceptors (Lipinski definition) is 3. The van der Waals surface area contributed by atoms with Crippen molar-refractivity contribution in [3.63, 3.8) is 0 Å². The van der Waals surface area contributed by atoms with E-state index >= 15 is 0 Å². The third kappa shape index (κ3) is 3.50. The fraction of sp³-hybridized carbons (Fsp3) is 0.600. The maximum atomic E-state index is 9.65.